The molecule has 6 nitrogen and oxygen atoms in total. The number of rotatable bonds is 5. The van der Waals surface area contributed by atoms with E-state index in [1.807, 2.05) is 24.3 Å². The number of nitrogens with one attached hydrogen (secondary N) is 2. The first kappa shape index (κ1) is 24.5. The fourth-order valence-electron chi connectivity index (χ4n) is 3.85. The number of halogens is 4. The van der Waals surface area contributed by atoms with Gasteiger partial charge in [0.1, 0.15) is 5.75 Å². The third-order valence-electron chi connectivity index (χ3n) is 5.36. The molecule has 1 saturated carbocycles. The number of carbonyl (C=O) groups is 1. The van der Waals surface area contributed by atoms with Gasteiger partial charge in [-0.25, -0.2) is 0 Å². The van der Waals surface area contributed by atoms with Crippen molar-refractivity contribution in [2.45, 2.75) is 44.3 Å². The van der Waals surface area contributed by atoms with Gasteiger partial charge in [-0.3, -0.25) is 9.79 Å². The highest BCUT2D eigenvalue weighted by atomic mass is 127. The third kappa shape index (κ3) is 6.39. The van der Waals surface area contributed by atoms with Crippen LogP contribution in [-0.2, 0) is 4.79 Å². The summed E-state index contributed by atoms with van der Waals surface area (Å²) in [4.78, 5) is 18.0. The van der Waals surface area contributed by atoms with Crippen molar-refractivity contribution >= 4 is 41.5 Å². The van der Waals surface area contributed by atoms with Crippen molar-refractivity contribution in [2.24, 2.45) is 10.9 Å². The van der Waals surface area contributed by atoms with Crippen LogP contribution in [0.5, 0.6) is 5.75 Å². The zero-order valence-corrected chi connectivity index (χ0v) is 19.2. The number of hydrogen-bond donors (Lipinski definition) is 2. The van der Waals surface area contributed by atoms with Gasteiger partial charge in [0.2, 0.25) is 0 Å². The average molecular weight is 540 g/mol. The summed E-state index contributed by atoms with van der Waals surface area (Å²) in [5.41, 5.74) is 0.756. The quantitative estimate of drug-likeness (QED) is 0.259. The lowest BCUT2D eigenvalue weighted by Gasteiger charge is -2.32. The first-order valence-electron chi connectivity index (χ1n) is 9.94. The molecule has 2 N–H and O–H groups in total. The third-order valence-corrected chi connectivity index (χ3v) is 5.36. The van der Waals surface area contributed by atoms with Gasteiger partial charge < -0.3 is 20.3 Å². The molecule has 1 heterocycles. The number of guanidine groups is 1. The molecule has 1 fully saturated rings. The van der Waals surface area contributed by atoms with Crippen molar-refractivity contribution in [1.82, 2.24) is 10.6 Å². The lowest BCUT2D eigenvalue weighted by atomic mass is 9.85. The Hall–Kier alpha value is -1.72. The molecule has 0 radical (unpaired) electrons. The van der Waals surface area contributed by atoms with E-state index < -0.39 is 12.1 Å². The SMILES string of the molecule is CN=C(NCCCN1C(=O)COc2ccccc21)NC1CCCC(C(F)(F)F)C1.I. The second kappa shape index (κ2) is 11.1. The molecule has 1 aliphatic heterocycles. The number of alkyl halides is 3. The van der Waals surface area contributed by atoms with E-state index in [9.17, 15) is 18.0 Å². The summed E-state index contributed by atoms with van der Waals surface area (Å²) in [6.45, 7) is 1.08. The van der Waals surface area contributed by atoms with E-state index in [4.69, 9.17) is 4.74 Å². The van der Waals surface area contributed by atoms with E-state index in [0.29, 0.717) is 44.1 Å². The number of anilines is 1. The molecule has 0 saturated heterocycles. The maximum Gasteiger partial charge on any atom is 0.391 e. The molecule has 1 aromatic carbocycles. The van der Waals surface area contributed by atoms with Gasteiger partial charge in [0.05, 0.1) is 11.6 Å². The maximum absolute atomic E-state index is 13.0. The minimum atomic E-state index is -4.14. The first-order chi connectivity index (χ1) is 13.9. The normalized spacial score (nSPS) is 21.9. The van der Waals surface area contributed by atoms with Gasteiger partial charge in [0, 0.05) is 26.2 Å². The Kier molecular flexibility index (Phi) is 9.05. The number of aliphatic imine (C=N–C) groups is 1. The molecule has 30 heavy (non-hydrogen) atoms. The van der Waals surface area contributed by atoms with Gasteiger partial charge in [-0.1, -0.05) is 18.6 Å². The largest absolute Gasteiger partial charge is 0.482 e. The van der Waals surface area contributed by atoms with Crippen LogP contribution < -0.4 is 20.3 Å². The highest BCUT2D eigenvalue weighted by molar-refractivity contribution is 14.0. The van der Waals surface area contributed by atoms with Crippen LogP contribution in [0.25, 0.3) is 0 Å². The van der Waals surface area contributed by atoms with Gasteiger partial charge in [-0.15, -0.1) is 24.0 Å². The lowest BCUT2D eigenvalue weighted by molar-refractivity contribution is -0.183. The van der Waals surface area contributed by atoms with Crippen LogP contribution >= 0.6 is 24.0 Å². The second-order valence-electron chi connectivity index (χ2n) is 7.40. The molecule has 1 aliphatic carbocycles. The van der Waals surface area contributed by atoms with Crippen LogP contribution in [0.15, 0.2) is 29.3 Å². The Morgan fingerprint density at radius 2 is 2.07 bits per heavy atom. The van der Waals surface area contributed by atoms with Gasteiger partial charge in [0.25, 0.3) is 5.91 Å². The van der Waals surface area contributed by atoms with Crippen molar-refractivity contribution in [3.05, 3.63) is 24.3 Å². The van der Waals surface area contributed by atoms with E-state index >= 15 is 0 Å². The molecule has 168 valence electrons. The number of benzene rings is 1. The number of ether oxygens (including phenoxy) is 1. The zero-order chi connectivity index (χ0) is 20.9. The molecule has 2 unspecified atom stereocenters. The Bertz CT molecular complexity index is 745. The highest BCUT2D eigenvalue weighted by Crippen LogP contribution is 2.37. The van der Waals surface area contributed by atoms with Crippen LogP contribution in [0.3, 0.4) is 0 Å². The van der Waals surface area contributed by atoms with Crippen LogP contribution in [0.2, 0.25) is 0 Å². The summed E-state index contributed by atoms with van der Waals surface area (Å²) >= 11 is 0. The lowest BCUT2D eigenvalue weighted by Crippen LogP contribution is -2.47. The number of para-hydroxylation sites is 2. The monoisotopic (exact) mass is 540 g/mol. The molecular formula is C20H28F3IN4O2. The van der Waals surface area contributed by atoms with Gasteiger partial charge in [-0.05, 0) is 37.8 Å². The summed E-state index contributed by atoms with van der Waals surface area (Å²) in [7, 11) is 1.60. The minimum Gasteiger partial charge on any atom is -0.482 e. The number of amides is 1. The smallest absolute Gasteiger partial charge is 0.391 e. The summed E-state index contributed by atoms with van der Waals surface area (Å²) in [5.74, 6) is -0.161. The number of fused-ring (bicyclic) bond motifs is 1. The van der Waals surface area contributed by atoms with Crippen molar-refractivity contribution in [2.75, 3.05) is 31.6 Å². The number of nitrogens with zero attached hydrogens (tertiary/aromatic N) is 2. The number of carbonyl (C=O) groups excluding carboxylic acids is 1. The van der Waals surface area contributed by atoms with Crippen molar-refractivity contribution in [3.8, 4) is 5.75 Å². The first-order valence-corrected chi connectivity index (χ1v) is 9.94. The summed E-state index contributed by atoms with van der Waals surface area (Å²) in [5, 5.41) is 6.25. The van der Waals surface area contributed by atoms with E-state index in [-0.39, 0.29) is 55.4 Å². The molecule has 0 aromatic heterocycles. The molecule has 3 rings (SSSR count). The summed E-state index contributed by atoms with van der Waals surface area (Å²) < 4.78 is 44.4. The highest BCUT2D eigenvalue weighted by Gasteiger charge is 2.42. The van der Waals surface area contributed by atoms with E-state index in [1.165, 1.54) is 0 Å². The van der Waals surface area contributed by atoms with Crippen molar-refractivity contribution in [1.29, 1.82) is 0 Å². The molecule has 1 aromatic rings. The Morgan fingerprint density at radius 3 is 2.80 bits per heavy atom. The van der Waals surface area contributed by atoms with Gasteiger partial charge in [0.15, 0.2) is 12.6 Å². The van der Waals surface area contributed by atoms with Crippen molar-refractivity contribution in [3.63, 3.8) is 0 Å². The molecule has 0 spiro atoms. The number of hydrogen-bond acceptors (Lipinski definition) is 3. The molecular weight excluding hydrogens is 512 g/mol. The molecule has 2 atom stereocenters. The van der Waals surface area contributed by atoms with Gasteiger partial charge >= 0.3 is 6.18 Å². The van der Waals surface area contributed by atoms with Crippen LogP contribution in [0.1, 0.15) is 32.1 Å². The van der Waals surface area contributed by atoms with Crippen LogP contribution in [0.4, 0.5) is 18.9 Å². The van der Waals surface area contributed by atoms with E-state index in [2.05, 4.69) is 15.6 Å². The molecule has 1 amide bonds. The van der Waals surface area contributed by atoms with Gasteiger partial charge in [-0.2, -0.15) is 13.2 Å². The van der Waals surface area contributed by atoms with Crippen molar-refractivity contribution < 1.29 is 22.7 Å². The second-order valence-corrected chi connectivity index (χ2v) is 7.40. The van der Waals surface area contributed by atoms with Crippen LogP contribution in [0, 0.1) is 5.92 Å². The Balaban J connectivity index is 0.00000320. The molecule has 0 bridgehead atoms. The Labute approximate surface area is 191 Å². The Morgan fingerprint density at radius 1 is 1.30 bits per heavy atom. The molecule has 10 heteroatoms. The average Bonchev–Trinajstić information content (AvgIpc) is 2.71. The predicted octanol–water partition coefficient (Wildman–Crippen LogP) is 3.71. The maximum atomic E-state index is 13.0. The predicted molar refractivity (Wildman–Crippen MR) is 121 cm³/mol. The van der Waals surface area contributed by atoms with E-state index in [0.717, 1.165) is 5.69 Å². The summed E-state index contributed by atoms with van der Waals surface area (Å²) in [6, 6.07) is 7.15. The molecule has 2 aliphatic rings. The van der Waals surface area contributed by atoms with Crippen LogP contribution in [-0.4, -0.2) is 50.8 Å². The fourth-order valence-corrected chi connectivity index (χ4v) is 3.85. The summed E-state index contributed by atoms with van der Waals surface area (Å²) in [6.07, 6.45) is -1.95. The van der Waals surface area contributed by atoms with E-state index in [1.54, 1.807) is 11.9 Å². The minimum absolute atomic E-state index is 0. The standard InChI is InChI=1S/C20H27F3N4O2.HI/c1-24-19(26-15-7-4-6-14(12-15)20(21,22)23)25-10-5-11-27-16-8-2-3-9-17(16)29-13-18(27)28;/h2-3,8-9,14-15H,4-7,10-13H2,1H3,(H2,24,25,26);1H. The zero-order valence-electron chi connectivity index (χ0n) is 16.9. The fraction of sp³-hybridized carbons (Fsp3) is 0.600. The topological polar surface area (TPSA) is 66.0 Å².